The third kappa shape index (κ3) is 2.22. The van der Waals surface area contributed by atoms with Crippen molar-refractivity contribution in [2.75, 3.05) is 10.9 Å². The van der Waals surface area contributed by atoms with E-state index in [2.05, 4.69) is 28.5 Å². The van der Waals surface area contributed by atoms with Crippen molar-refractivity contribution < 1.29 is 4.48 Å². The molecular formula is C17H17ClFN3. The molecule has 2 aliphatic rings. The maximum atomic E-state index is 12.8. The molecule has 0 saturated carbocycles. The number of hydrogen-bond donors (Lipinski definition) is 2. The van der Waals surface area contributed by atoms with Gasteiger partial charge in [0.25, 0.3) is 0 Å². The molecule has 114 valence electrons. The Hall–Kier alpha value is -1.81. The highest BCUT2D eigenvalue weighted by molar-refractivity contribution is 6.32. The zero-order valence-electron chi connectivity index (χ0n) is 12.1. The number of hydrogen-bond acceptors (Lipinski definition) is 3. The normalized spacial score (nSPS) is 19.3. The van der Waals surface area contributed by atoms with Gasteiger partial charge in [-0.1, -0.05) is 29.8 Å². The molecule has 1 unspecified atom stereocenters. The molecule has 5 heteroatoms. The van der Waals surface area contributed by atoms with E-state index in [1.165, 1.54) is 23.1 Å². The van der Waals surface area contributed by atoms with Crippen molar-refractivity contribution in [2.24, 2.45) is 0 Å². The van der Waals surface area contributed by atoms with E-state index in [0.717, 1.165) is 37.2 Å². The smallest absolute Gasteiger partial charge is 0.157 e. The predicted octanol–water partition coefficient (Wildman–Crippen LogP) is 4.62. The maximum Gasteiger partial charge on any atom is 0.157 e. The van der Waals surface area contributed by atoms with Crippen LogP contribution in [0.15, 0.2) is 24.3 Å². The average Bonchev–Trinajstić information content (AvgIpc) is 2.97. The third-order valence-electron chi connectivity index (χ3n) is 4.82. The fourth-order valence-electron chi connectivity index (χ4n) is 3.78. The molecule has 1 aromatic heterocycles. The lowest BCUT2D eigenvalue weighted by atomic mass is 9.91. The monoisotopic (exact) mass is 317 g/mol. The minimum Gasteiger partial charge on any atom is -0.366 e. The Kier molecular flexibility index (Phi) is 3.41. The Balaban J connectivity index is 1.76. The molecule has 1 atom stereocenters. The van der Waals surface area contributed by atoms with E-state index in [1.54, 1.807) is 11.6 Å². The van der Waals surface area contributed by atoms with Crippen LogP contribution in [-0.2, 0) is 19.4 Å². The molecule has 1 aliphatic carbocycles. The summed E-state index contributed by atoms with van der Waals surface area (Å²) in [4.78, 5) is 4.32. The lowest BCUT2D eigenvalue weighted by Crippen LogP contribution is -2.06. The van der Waals surface area contributed by atoms with Crippen molar-refractivity contribution >= 4 is 23.1 Å². The maximum absolute atomic E-state index is 12.8. The van der Waals surface area contributed by atoms with Crippen LogP contribution in [0.25, 0.3) is 0 Å². The number of nitrogens with one attached hydrogen (secondary N) is 2. The molecule has 1 aliphatic heterocycles. The van der Waals surface area contributed by atoms with Gasteiger partial charge in [-0.3, -0.25) is 0 Å². The topological polar surface area (TPSA) is 37.0 Å². The Labute approximate surface area is 133 Å². The highest BCUT2D eigenvalue weighted by atomic mass is 35.5. The minimum absolute atomic E-state index is 0.158. The van der Waals surface area contributed by atoms with Crippen LogP contribution in [0.3, 0.4) is 0 Å². The van der Waals surface area contributed by atoms with Gasteiger partial charge in [0.2, 0.25) is 0 Å². The summed E-state index contributed by atoms with van der Waals surface area (Å²) in [6.07, 6.45) is 4.31. The first kappa shape index (κ1) is 13.8. The van der Waals surface area contributed by atoms with Gasteiger partial charge >= 0.3 is 0 Å². The second-order valence-electron chi connectivity index (χ2n) is 6.05. The number of anilines is 2. The number of fused-ring (bicyclic) bond motifs is 1. The van der Waals surface area contributed by atoms with Crippen molar-refractivity contribution in [3.63, 3.8) is 0 Å². The van der Waals surface area contributed by atoms with Crippen molar-refractivity contribution in [3.8, 4) is 0 Å². The third-order valence-corrected chi connectivity index (χ3v) is 5.11. The molecule has 2 aromatic rings. The summed E-state index contributed by atoms with van der Waals surface area (Å²) in [7, 11) is 0. The first-order chi connectivity index (χ1) is 10.8. The Morgan fingerprint density at radius 3 is 2.77 bits per heavy atom. The summed E-state index contributed by atoms with van der Waals surface area (Å²) in [5.74, 6) is 1.36. The Morgan fingerprint density at radius 2 is 1.95 bits per heavy atom. The zero-order valence-corrected chi connectivity index (χ0v) is 12.9. The number of halogens is 2. The number of pyridine rings is 1. The van der Waals surface area contributed by atoms with Crippen molar-refractivity contribution in [1.82, 2.24) is 4.98 Å². The van der Waals surface area contributed by atoms with Crippen LogP contribution in [0.2, 0.25) is 5.15 Å². The van der Waals surface area contributed by atoms with Crippen LogP contribution < -0.4 is 10.9 Å². The molecule has 22 heavy (non-hydrogen) atoms. The molecule has 3 nitrogen and oxygen atoms in total. The van der Waals surface area contributed by atoms with Crippen LogP contribution >= 0.6 is 11.6 Å². The highest BCUT2D eigenvalue weighted by Crippen LogP contribution is 2.40. The fourth-order valence-corrected chi connectivity index (χ4v) is 3.95. The fraction of sp³-hybridized carbons (Fsp3) is 0.353. The van der Waals surface area contributed by atoms with Crippen molar-refractivity contribution in [3.05, 3.63) is 51.7 Å². The number of aromatic nitrogens is 1. The second kappa shape index (κ2) is 5.43. The van der Waals surface area contributed by atoms with E-state index in [1.807, 2.05) is 0 Å². The van der Waals surface area contributed by atoms with Gasteiger partial charge in [0, 0.05) is 6.54 Å². The summed E-state index contributed by atoms with van der Waals surface area (Å²) in [6.45, 7) is 0.735. The molecule has 1 aromatic carbocycles. The van der Waals surface area contributed by atoms with Crippen LogP contribution in [-0.4, -0.2) is 4.98 Å². The van der Waals surface area contributed by atoms with Gasteiger partial charge in [-0.2, -0.15) is 0 Å². The summed E-state index contributed by atoms with van der Waals surface area (Å²) in [5.41, 5.74) is 7.23. The number of rotatable bonds is 1. The van der Waals surface area contributed by atoms with E-state index in [4.69, 9.17) is 11.6 Å². The molecular weight excluding hydrogens is 301 g/mol. The van der Waals surface area contributed by atoms with Gasteiger partial charge in [0.05, 0.1) is 0 Å². The van der Waals surface area contributed by atoms with Crippen LogP contribution in [0, 0.1) is 0 Å². The first-order valence-corrected chi connectivity index (χ1v) is 8.04. The average molecular weight is 318 g/mol. The molecule has 2 N–H and O–H groups in total. The number of benzene rings is 1. The highest BCUT2D eigenvalue weighted by Gasteiger charge is 2.26. The Morgan fingerprint density at radius 1 is 1.18 bits per heavy atom. The quantitative estimate of drug-likeness (QED) is 0.595. The van der Waals surface area contributed by atoms with Crippen LogP contribution in [0.5, 0.6) is 0 Å². The van der Waals surface area contributed by atoms with Crippen molar-refractivity contribution in [1.29, 1.82) is 0 Å². The van der Waals surface area contributed by atoms with E-state index in [9.17, 15) is 4.48 Å². The van der Waals surface area contributed by atoms with Gasteiger partial charge in [0.1, 0.15) is 11.5 Å². The van der Waals surface area contributed by atoms with Gasteiger partial charge in [-0.25, -0.2) is 10.5 Å². The molecule has 0 spiro atoms. The molecule has 0 radical (unpaired) electrons. The summed E-state index contributed by atoms with van der Waals surface area (Å²) in [5, 5.41) is 3.54. The second-order valence-corrected chi connectivity index (χ2v) is 6.40. The summed E-state index contributed by atoms with van der Waals surface area (Å²) in [6, 6.07) is 8.33. The molecule has 4 rings (SSSR count). The Bertz CT molecular complexity index is 732. The van der Waals surface area contributed by atoms with E-state index < -0.39 is 0 Å². The van der Waals surface area contributed by atoms with E-state index in [-0.39, 0.29) is 10.8 Å². The number of aryl methyl sites for hydroxylation is 2. The predicted molar refractivity (Wildman–Crippen MR) is 87.1 cm³/mol. The summed E-state index contributed by atoms with van der Waals surface area (Å²) < 4.78 is 12.8. The zero-order chi connectivity index (χ0) is 15.1. The molecule has 0 amide bonds. The number of nitrogens with zero attached hydrogens (tertiary/aromatic N) is 1. The largest absolute Gasteiger partial charge is 0.366 e. The summed E-state index contributed by atoms with van der Waals surface area (Å²) >= 11 is 6.01. The minimum atomic E-state index is 0.158. The van der Waals surface area contributed by atoms with Gasteiger partial charge < -0.3 is 5.32 Å². The van der Waals surface area contributed by atoms with E-state index >= 15 is 0 Å². The molecule has 0 saturated heterocycles. The standard InChI is InChI=1S/C17H17ClFN3/c18-16-14(22-19)8-12-7-6-11-5-4-10-2-1-3-13(15(10)11)9-20-17(12)21-16/h1-3,8,11,22H,4-7,9H2,(H,20,21). The lowest BCUT2D eigenvalue weighted by molar-refractivity contribution is 0.611. The van der Waals surface area contributed by atoms with Crippen LogP contribution in [0.1, 0.15) is 41.0 Å². The van der Waals surface area contributed by atoms with Gasteiger partial charge in [0.15, 0.2) is 5.15 Å². The van der Waals surface area contributed by atoms with Gasteiger partial charge in [-0.05, 0) is 59.9 Å². The molecule has 2 heterocycles. The van der Waals surface area contributed by atoms with Crippen molar-refractivity contribution in [2.45, 2.75) is 38.1 Å². The molecule has 0 fully saturated rings. The van der Waals surface area contributed by atoms with Gasteiger partial charge in [-0.15, -0.1) is 4.48 Å². The molecule has 0 bridgehead atoms. The van der Waals surface area contributed by atoms with Crippen LogP contribution in [0.4, 0.5) is 16.0 Å². The van der Waals surface area contributed by atoms with E-state index in [0.29, 0.717) is 5.92 Å². The first-order valence-electron chi connectivity index (χ1n) is 7.67. The SMILES string of the molecule is FNc1cc2c(nc1Cl)NCc1cccc3c1C(CC2)CC3. The lowest BCUT2D eigenvalue weighted by Gasteiger charge is -2.14.